The Balaban J connectivity index is 2.35. The Kier molecular flexibility index (Phi) is 3.69. The van der Waals surface area contributed by atoms with Crippen molar-refractivity contribution in [3.05, 3.63) is 0 Å². The van der Waals surface area contributed by atoms with E-state index in [2.05, 4.69) is 5.32 Å². The molecule has 0 spiro atoms. The van der Waals surface area contributed by atoms with Gasteiger partial charge in [-0.2, -0.15) is 0 Å². The second kappa shape index (κ2) is 4.58. The van der Waals surface area contributed by atoms with Crippen molar-refractivity contribution in [1.82, 2.24) is 5.32 Å². The van der Waals surface area contributed by atoms with Gasteiger partial charge in [0.15, 0.2) is 0 Å². The van der Waals surface area contributed by atoms with Crippen LogP contribution in [0.3, 0.4) is 0 Å². The van der Waals surface area contributed by atoms with Crippen LogP contribution in [0.1, 0.15) is 20.3 Å². The molecule has 1 N–H and O–H groups in total. The molecule has 13 heavy (non-hydrogen) atoms. The topological polar surface area (TPSA) is 47.6 Å². The van der Waals surface area contributed by atoms with Gasteiger partial charge in [-0.3, -0.25) is 4.79 Å². The molecule has 4 nitrogen and oxygen atoms in total. The molecule has 76 valence electrons. The van der Waals surface area contributed by atoms with Gasteiger partial charge < -0.3 is 14.8 Å². The molecule has 0 aromatic rings. The van der Waals surface area contributed by atoms with Crippen molar-refractivity contribution in [2.75, 3.05) is 13.7 Å². The number of nitrogens with one attached hydrogen (secondary N) is 1. The van der Waals surface area contributed by atoms with Gasteiger partial charge in [-0.15, -0.1) is 0 Å². The lowest BCUT2D eigenvalue weighted by atomic mass is 10.1. The van der Waals surface area contributed by atoms with Gasteiger partial charge in [0.1, 0.15) is 6.10 Å². The fourth-order valence-electron chi connectivity index (χ4n) is 1.33. The third-order valence-corrected chi connectivity index (χ3v) is 2.43. The number of carbonyl (C=O) groups is 1. The smallest absolute Gasteiger partial charge is 0.249 e. The molecule has 1 fully saturated rings. The first-order chi connectivity index (χ1) is 6.15. The lowest BCUT2D eigenvalue weighted by molar-refractivity contribution is -0.131. The van der Waals surface area contributed by atoms with Gasteiger partial charge in [0.05, 0.1) is 12.1 Å². The SMILES string of the molecule is COC(C)C(=O)NC1CCOC1C. The van der Waals surface area contributed by atoms with E-state index in [4.69, 9.17) is 9.47 Å². The fraction of sp³-hybridized carbons (Fsp3) is 0.889. The summed E-state index contributed by atoms with van der Waals surface area (Å²) in [4.78, 5) is 11.4. The van der Waals surface area contributed by atoms with Crippen molar-refractivity contribution >= 4 is 5.91 Å². The molecule has 1 saturated heterocycles. The lowest BCUT2D eigenvalue weighted by Crippen LogP contribution is -2.44. The molecule has 3 unspecified atom stereocenters. The first kappa shape index (κ1) is 10.5. The Hall–Kier alpha value is -0.610. The minimum atomic E-state index is -0.382. The first-order valence-electron chi connectivity index (χ1n) is 4.60. The van der Waals surface area contributed by atoms with Crippen molar-refractivity contribution in [3.63, 3.8) is 0 Å². The quantitative estimate of drug-likeness (QED) is 0.692. The zero-order chi connectivity index (χ0) is 9.84. The second-order valence-corrected chi connectivity index (χ2v) is 3.36. The zero-order valence-corrected chi connectivity index (χ0v) is 8.37. The van der Waals surface area contributed by atoms with Crippen molar-refractivity contribution in [1.29, 1.82) is 0 Å². The molecule has 1 heterocycles. The molecule has 4 heteroatoms. The van der Waals surface area contributed by atoms with Crippen LogP contribution in [0, 0.1) is 0 Å². The number of ether oxygens (including phenoxy) is 2. The Labute approximate surface area is 78.6 Å². The van der Waals surface area contributed by atoms with Crippen molar-refractivity contribution < 1.29 is 14.3 Å². The molecule has 1 rings (SSSR count). The van der Waals surface area contributed by atoms with E-state index in [0.717, 1.165) is 13.0 Å². The van der Waals surface area contributed by atoms with E-state index in [1.807, 2.05) is 6.92 Å². The Bertz CT molecular complexity index is 184. The molecule has 0 aromatic heterocycles. The minimum absolute atomic E-state index is 0.0650. The summed E-state index contributed by atoms with van der Waals surface area (Å²) in [7, 11) is 1.53. The Morgan fingerprint density at radius 1 is 1.69 bits per heavy atom. The molecule has 0 bridgehead atoms. The highest BCUT2D eigenvalue weighted by Gasteiger charge is 2.26. The molecule has 0 radical (unpaired) electrons. The minimum Gasteiger partial charge on any atom is -0.376 e. The molecule has 0 aromatic carbocycles. The number of rotatable bonds is 3. The largest absolute Gasteiger partial charge is 0.376 e. The Morgan fingerprint density at radius 2 is 2.38 bits per heavy atom. The monoisotopic (exact) mass is 187 g/mol. The third-order valence-electron chi connectivity index (χ3n) is 2.43. The third kappa shape index (κ3) is 2.67. The normalized spacial score (nSPS) is 30.1. The maximum atomic E-state index is 11.4. The number of amides is 1. The molecular formula is C9H17NO3. The van der Waals surface area contributed by atoms with Gasteiger partial charge >= 0.3 is 0 Å². The van der Waals surface area contributed by atoms with Crippen molar-refractivity contribution in [3.8, 4) is 0 Å². The van der Waals surface area contributed by atoms with Crippen LogP contribution in [0.5, 0.6) is 0 Å². The number of methoxy groups -OCH3 is 1. The highest BCUT2D eigenvalue weighted by atomic mass is 16.5. The van der Waals surface area contributed by atoms with Crippen LogP contribution in [-0.4, -0.2) is 37.9 Å². The molecular weight excluding hydrogens is 170 g/mol. The molecule has 0 aliphatic carbocycles. The molecule has 1 amide bonds. The van der Waals surface area contributed by atoms with E-state index in [0.29, 0.717) is 0 Å². The van der Waals surface area contributed by atoms with Gasteiger partial charge in [0, 0.05) is 13.7 Å². The van der Waals surface area contributed by atoms with Gasteiger partial charge in [0.25, 0.3) is 0 Å². The van der Waals surface area contributed by atoms with E-state index in [9.17, 15) is 4.79 Å². The maximum absolute atomic E-state index is 11.4. The highest BCUT2D eigenvalue weighted by Crippen LogP contribution is 2.12. The summed E-state index contributed by atoms with van der Waals surface area (Å²) < 4.78 is 10.2. The van der Waals surface area contributed by atoms with Crippen LogP contribution < -0.4 is 5.32 Å². The predicted molar refractivity (Wildman–Crippen MR) is 48.4 cm³/mol. The van der Waals surface area contributed by atoms with E-state index in [-0.39, 0.29) is 24.2 Å². The van der Waals surface area contributed by atoms with Crippen LogP contribution in [0.25, 0.3) is 0 Å². The summed E-state index contributed by atoms with van der Waals surface area (Å²) in [6, 6.07) is 0.144. The zero-order valence-electron chi connectivity index (χ0n) is 8.37. The maximum Gasteiger partial charge on any atom is 0.249 e. The van der Waals surface area contributed by atoms with Gasteiger partial charge in [-0.1, -0.05) is 0 Å². The second-order valence-electron chi connectivity index (χ2n) is 3.36. The Morgan fingerprint density at radius 3 is 2.85 bits per heavy atom. The van der Waals surface area contributed by atoms with Gasteiger partial charge in [0.2, 0.25) is 5.91 Å². The number of hydrogen-bond acceptors (Lipinski definition) is 3. The van der Waals surface area contributed by atoms with Gasteiger partial charge in [-0.05, 0) is 20.3 Å². The summed E-state index contributed by atoms with van der Waals surface area (Å²) in [6.07, 6.45) is 0.629. The van der Waals surface area contributed by atoms with Crippen LogP contribution >= 0.6 is 0 Å². The first-order valence-corrected chi connectivity index (χ1v) is 4.60. The fourth-order valence-corrected chi connectivity index (χ4v) is 1.33. The predicted octanol–water partition coefficient (Wildman–Crippen LogP) is 0.315. The van der Waals surface area contributed by atoms with E-state index in [1.54, 1.807) is 6.92 Å². The molecule has 0 saturated carbocycles. The summed E-state index contributed by atoms with van der Waals surface area (Å²) in [6.45, 7) is 4.43. The van der Waals surface area contributed by atoms with E-state index >= 15 is 0 Å². The van der Waals surface area contributed by atoms with Crippen LogP contribution in [0.15, 0.2) is 0 Å². The lowest BCUT2D eigenvalue weighted by Gasteiger charge is -2.18. The summed E-state index contributed by atoms with van der Waals surface area (Å²) in [5.74, 6) is -0.0650. The van der Waals surface area contributed by atoms with Gasteiger partial charge in [-0.25, -0.2) is 0 Å². The molecule has 1 aliphatic heterocycles. The van der Waals surface area contributed by atoms with Crippen LogP contribution in [-0.2, 0) is 14.3 Å². The number of carbonyl (C=O) groups excluding carboxylic acids is 1. The number of hydrogen-bond donors (Lipinski definition) is 1. The summed E-state index contributed by atoms with van der Waals surface area (Å²) in [5.41, 5.74) is 0. The van der Waals surface area contributed by atoms with Crippen LogP contribution in [0.2, 0.25) is 0 Å². The average molecular weight is 187 g/mol. The molecule has 3 atom stereocenters. The van der Waals surface area contributed by atoms with E-state index < -0.39 is 0 Å². The van der Waals surface area contributed by atoms with Crippen molar-refractivity contribution in [2.24, 2.45) is 0 Å². The summed E-state index contributed by atoms with van der Waals surface area (Å²) >= 11 is 0. The average Bonchev–Trinajstić information content (AvgIpc) is 2.50. The van der Waals surface area contributed by atoms with Crippen molar-refractivity contribution in [2.45, 2.75) is 38.5 Å². The van der Waals surface area contributed by atoms with E-state index in [1.165, 1.54) is 7.11 Å². The van der Waals surface area contributed by atoms with Crippen LogP contribution in [0.4, 0.5) is 0 Å². The summed E-state index contributed by atoms with van der Waals surface area (Å²) in [5, 5.41) is 2.89. The highest BCUT2D eigenvalue weighted by molar-refractivity contribution is 5.80. The molecule has 1 aliphatic rings. The standard InChI is InChI=1S/C9H17NO3/c1-6-8(4-5-13-6)10-9(11)7(2)12-3/h6-8H,4-5H2,1-3H3,(H,10,11).